The molecule has 0 fully saturated rings. The smallest absolute Gasteiger partial charge is 0.143 e. The normalized spacial score (nSPS) is 10.2. The fraction of sp³-hybridized carbons (Fsp3) is 0.0667. The quantitative estimate of drug-likeness (QED) is 0.599. The van der Waals surface area contributed by atoms with Crippen molar-refractivity contribution in [1.29, 1.82) is 0 Å². The van der Waals surface area contributed by atoms with Gasteiger partial charge >= 0.3 is 0 Å². The highest BCUT2D eigenvalue weighted by atomic mass is 15.0. The Morgan fingerprint density at radius 3 is 2.63 bits per heavy atom. The van der Waals surface area contributed by atoms with Gasteiger partial charge in [0.1, 0.15) is 17.8 Å². The Hall–Kier alpha value is -2.80. The number of nitrogens with zero attached hydrogens (tertiary/aromatic N) is 2. The highest BCUT2D eigenvalue weighted by Crippen LogP contribution is 2.16. The first-order valence-electron chi connectivity index (χ1n) is 5.90. The lowest BCUT2D eigenvalue weighted by molar-refractivity contribution is 1.20. The lowest BCUT2D eigenvalue weighted by atomic mass is 10.1. The van der Waals surface area contributed by atoms with E-state index >= 15 is 0 Å². The van der Waals surface area contributed by atoms with E-state index in [0.717, 1.165) is 16.6 Å². The van der Waals surface area contributed by atoms with Crippen molar-refractivity contribution in [1.82, 2.24) is 15.0 Å². The molecule has 0 aliphatic carbocycles. The Kier molecular flexibility index (Phi) is 2.66. The van der Waals surface area contributed by atoms with Gasteiger partial charge in [0.25, 0.3) is 0 Å². The van der Waals surface area contributed by atoms with Crippen LogP contribution in [0, 0.1) is 18.8 Å². The molecule has 0 bridgehead atoms. The van der Waals surface area contributed by atoms with Crippen LogP contribution in [0.25, 0.3) is 11.0 Å². The van der Waals surface area contributed by atoms with Crippen LogP contribution in [0.15, 0.2) is 36.7 Å². The van der Waals surface area contributed by atoms with Crippen molar-refractivity contribution in [2.45, 2.75) is 6.92 Å². The van der Waals surface area contributed by atoms with Crippen molar-refractivity contribution in [2.24, 2.45) is 0 Å². The summed E-state index contributed by atoms with van der Waals surface area (Å²) in [6.07, 6.45) is 1.44. The van der Waals surface area contributed by atoms with Gasteiger partial charge in [-0.25, -0.2) is 9.97 Å². The molecule has 0 aliphatic heterocycles. The number of aromatic amines is 1. The van der Waals surface area contributed by atoms with Crippen molar-refractivity contribution >= 4 is 16.9 Å². The third-order valence-electron chi connectivity index (χ3n) is 2.85. The number of benzene rings is 1. The molecule has 0 unspecified atom stereocenters. The molecular weight excluding hydrogens is 236 g/mol. The van der Waals surface area contributed by atoms with Crippen LogP contribution < -0.4 is 5.73 Å². The Balaban J connectivity index is 1.98. The predicted molar refractivity (Wildman–Crippen MR) is 75.5 cm³/mol. The van der Waals surface area contributed by atoms with Crippen LogP contribution in [-0.2, 0) is 0 Å². The van der Waals surface area contributed by atoms with Gasteiger partial charge in [-0.2, -0.15) is 0 Å². The summed E-state index contributed by atoms with van der Waals surface area (Å²) in [5, 5.41) is 0.802. The minimum atomic E-state index is 0.463. The van der Waals surface area contributed by atoms with Crippen LogP contribution in [0.4, 0.5) is 5.82 Å². The monoisotopic (exact) mass is 248 g/mol. The van der Waals surface area contributed by atoms with Crippen molar-refractivity contribution in [2.75, 3.05) is 5.73 Å². The third-order valence-corrected chi connectivity index (χ3v) is 2.85. The molecule has 0 saturated heterocycles. The van der Waals surface area contributed by atoms with E-state index in [1.165, 1.54) is 11.9 Å². The lowest BCUT2D eigenvalue weighted by Gasteiger charge is -1.90. The molecule has 4 heteroatoms. The molecule has 0 radical (unpaired) electrons. The minimum absolute atomic E-state index is 0.463. The van der Waals surface area contributed by atoms with Crippen molar-refractivity contribution < 1.29 is 0 Å². The molecular formula is C15H12N4. The molecule has 1 aromatic carbocycles. The second kappa shape index (κ2) is 4.46. The van der Waals surface area contributed by atoms with Gasteiger partial charge in [-0.1, -0.05) is 23.6 Å². The van der Waals surface area contributed by atoms with Gasteiger partial charge in [0, 0.05) is 5.56 Å². The van der Waals surface area contributed by atoms with Crippen LogP contribution >= 0.6 is 0 Å². The molecule has 2 heterocycles. The molecule has 0 atom stereocenters. The number of fused-ring (bicyclic) bond motifs is 1. The Labute approximate surface area is 110 Å². The third kappa shape index (κ3) is 2.26. The maximum absolute atomic E-state index is 5.77. The second-order valence-electron chi connectivity index (χ2n) is 4.32. The van der Waals surface area contributed by atoms with Crippen LogP contribution in [0.5, 0.6) is 0 Å². The summed E-state index contributed by atoms with van der Waals surface area (Å²) in [6, 6.07) is 9.95. The van der Waals surface area contributed by atoms with E-state index in [-0.39, 0.29) is 0 Å². The summed E-state index contributed by atoms with van der Waals surface area (Å²) in [5.74, 6) is 6.63. The summed E-state index contributed by atoms with van der Waals surface area (Å²) in [6.45, 7) is 2.05. The fourth-order valence-electron chi connectivity index (χ4n) is 1.80. The van der Waals surface area contributed by atoms with E-state index in [9.17, 15) is 0 Å². The number of hydrogen-bond acceptors (Lipinski definition) is 3. The van der Waals surface area contributed by atoms with Gasteiger partial charge in [-0.15, -0.1) is 0 Å². The van der Waals surface area contributed by atoms with E-state index in [4.69, 9.17) is 5.73 Å². The number of anilines is 1. The fourth-order valence-corrected chi connectivity index (χ4v) is 1.80. The number of nitrogen functional groups attached to an aromatic ring is 1. The Morgan fingerprint density at radius 2 is 1.89 bits per heavy atom. The zero-order chi connectivity index (χ0) is 13.2. The van der Waals surface area contributed by atoms with Crippen LogP contribution in [0.1, 0.15) is 16.8 Å². The number of aromatic nitrogens is 3. The van der Waals surface area contributed by atoms with Crippen LogP contribution in [0.3, 0.4) is 0 Å². The Morgan fingerprint density at radius 1 is 1.11 bits per heavy atom. The molecule has 3 aromatic rings. The number of H-pyrrole nitrogens is 1. The average Bonchev–Trinajstić information content (AvgIpc) is 2.83. The van der Waals surface area contributed by atoms with E-state index in [2.05, 4.69) is 33.7 Å². The zero-order valence-electron chi connectivity index (χ0n) is 10.4. The highest BCUT2D eigenvalue weighted by Gasteiger charge is 2.03. The largest absolute Gasteiger partial charge is 0.383 e. The van der Waals surface area contributed by atoms with Crippen molar-refractivity contribution in [3.8, 4) is 11.8 Å². The number of nitrogens with two attached hydrogens (primary N) is 1. The maximum Gasteiger partial charge on any atom is 0.143 e. The van der Waals surface area contributed by atoms with Gasteiger partial charge in [-0.05, 0) is 31.0 Å². The first-order valence-corrected chi connectivity index (χ1v) is 5.90. The Bertz CT molecular complexity index is 788. The summed E-state index contributed by atoms with van der Waals surface area (Å²) in [4.78, 5) is 11.2. The highest BCUT2D eigenvalue weighted by molar-refractivity contribution is 5.87. The van der Waals surface area contributed by atoms with Gasteiger partial charge in [0.2, 0.25) is 0 Å². The second-order valence-corrected chi connectivity index (χ2v) is 4.32. The molecule has 92 valence electrons. The summed E-state index contributed by atoms with van der Waals surface area (Å²) >= 11 is 0. The first-order chi connectivity index (χ1) is 9.22. The lowest BCUT2D eigenvalue weighted by Crippen LogP contribution is -1.90. The number of rotatable bonds is 0. The molecule has 2 aromatic heterocycles. The molecule has 0 amide bonds. The molecule has 0 aliphatic rings. The molecule has 19 heavy (non-hydrogen) atoms. The standard InChI is InChI=1S/C15H12N4/c1-10-2-4-11(5-3-10)6-7-12-8-13-14(16)17-9-18-15(13)19-12/h2-5,8-9H,1H3,(H3,16,17,18,19). The molecule has 4 nitrogen and oxygen atoms in total. The van der Waals surface area contributed by atoms with Gasteiger partial charge in [-0.3, -0.25) is 0 Å². The molecule has 0 saturated carbocycles. The number of hydrogen-bond donors (Lipinski definition) is 2. The van der Waals surface area contributed by atoms with Crippen LogP contribution in [-0.4, -0.2) is 15.0 Å². The molecule has 0 spiro atoms. The predicted octanol–water partition coefficient (Wildman–Crippen LogP) is 2.25. The van der Waals surface area contributed by atoms with E-state index in [1.807, 2.05) is 30.3 Å². The van der Waals surface area contributed by atoms with E-state index < -0.39 is 0 Å². The van der Waals surface area contributed by atoms with Crippen molar-refractivity contribution in [3.05, 3.63) is 53.5 Å². The van der Waals surface area contributed by atoms with Crippen LogP contribution in [0.2, 0.25) is 0 Å². The maximum atomic E-state index is 5.77. The zero-order valence-corrected chi connectivity index (χ0v) is 10.4. The van der Waals surface area contributed by atoms with Gasteiger partial charge < -0.3 is 10.7 Å². The minimum Gasteiger partial charge on any atom is -0.383 e. The number of nitrogens with one attached hydrogen (secondary N) is 1. The molecule has 3 rings (SSSR count). The van der Waals surface area contributed by atoms with Gasteiger partial charge in [0.05, 0.1) is 11.1 Å². The first kappa shape index (κ1) is 11.3. The van der Waals surface area contributed by atoms with E-state index in [1.54, 1.807) is 0 Å². The van der Waals surface area contributed by atoms with Crippen molar-refractivity contribution in [3.63, 3.8) is 0 Å². The summed E-state index contributed by atoms with van der Waals surface area (Å²) < 4.78 is 0. The topological polar surface area (TPSA) is 67.6 Å². The summed E-state index contributed by atoms with van der Waals surface area (Å²) in [7, 11) is 0. The van der Waals surface area contributed by atoms with Gasteiger partial charge in [0.15, 0.2) is 0 Å². The SMILES string of the molecule is Cc1ccc(C#Cc2cc3c(N)ncnc3[nH]2)cc1. The molecule has 3 N–H and O–H groups in total. The number of aryl methyl sites for hydroxylation is 1. The average molecular weight is 248 g/mol. The summed E-state index contributed by atoms with van der Waals surface area (Å²) in [5.41, 5.74) is 9.46. The van der Waals surface area contributed by atoms with E-state index in [0.29, 0.717) is 11.5 Å².